The van der Waals surface area contributed by atoms with Crippen molar-refractivity contribution in [3.05, 3.63) is 18.4 Å². The molecule has 0 aromatic rings. The summed E-state index contributed by atoms with van der Waals surface area (Å²) in [4.78, 5) is 10.5. The third-order valence-corrected chi connectivity index (χ3v) is 2.69. The van der Waals surface area contributed by atoms with E-state index in [1.54, 1.807) is 0 Å². The molecular formula is C15H26O2. The molecule has 2 heteroatoms. The lowest BCUT2D eigenvalue weighted by atomic mass is 10.1. The van der Waals surface area contributed by atoms with Crippen LogP contribution in [0.3, 0.4) is 0 Å². The van der Waals surface area contributed by atoms with Gasteiger partial charge in [0.25, 0.3) is 0 Å². The minimum absolute atomic E-state index is 0.168. The van der Waals surface area contributed by atoms with E-state index in [2.05, 4.69) is 12.3 Å². The van der Waals surface area contributed by atoms with Gasteiger partial charge in [0.2, 0.25) is 0 Å². The van der Waals surface area contributed by atoms with Crippen molar-refractivity contribution in [2.45, 2.75) is 64.7 Å². The number of ether oxygens (including phenoxy) is 1. The number of hydrogen-bond acceptors (Lipinski definition) is 2. The molecule has 0 heterocycles. The average Bonchev–Trinajstić information content (AvgIpc) is 2.30. The Labute approximate surface area is 106 Å². The van der Waals surface area contributed by atoms with Crippen LogP contribution in [0.5, 0.6) is 0 Å². The van der Waals surface area contributed by atoms with E-state index < -0.39 is 0 Å². The lowest BCUT2D eigenvalue weighted by Crippen LogP contribution is -2.00. The number of allylic oxidation sites excluding steroid dienone is 1. The molecule has 0 amide bonds. The van der Waals surface area contributed by atoms with Crippen LogP contribution in [0.25, 0.3) is 0 Å². The molecule has 2 nitrogen and oxygen atoms in total. The van der Waals surface area contributed by atoms with Crippen molar-refractivity contribution in [3.63, 3.8) is 0 Å². The quantitative estimate of drug-likeness (QED) is 0.303. The predicted molar refractivity (Wildman–Crippen MR) is 71.9 cm³/mol. The molecule has 0 unspecified atom stereocenters. The molecule has 0 aromatic carbocycles. The first kappa shape index (κ1) is 16.0. The van der Waals surface area contributed by atoms with Gasteiger partial charge >= 0.3 is 5.97 Å². The smallest absolute Gasteiger partial charge is 0.302 e. The summed E-state index contributed by atoms with van der Waals surface area (Å²) in [5, 5.41) is 0. The number of carbonyl (C=O) groups is 1. The standard InChI is InChI=1S/C15H26O2/c1-3-4-5-6-7-8-9-10-11-12-13-14-17-15(2)16/h4H,1,5-14H2,2H3. The summed E-state index contributed by atoms with van der Waals surface area (Å²) in [6.45, 7) is 5.59. The van der Waals surface area contributed by atoms with Gasteiger partial charge in [0, 0.05) is 6.92 Å². The fraction of sp³-hybridized carbons (Fsp3) is 0.733. The van der Waals surface area contributed by atoms with Gasteiger partial charge in [-0.05, 0) is 25.3 Å². The zero-order chi connectivity index (χ0) is 12.8. The van der Waals surface area contributed by atoms with Gasteiger partial charge in [0.05, 0.1) is 6.61 Å². The van der Waals surface area contributed by atoms with Crippen molar-refractivity contribution in [1.82, 2.24) is 0 Å². The lowest BCUT2D eigenvalue weighted by molar-refractivity contribution is -0.141. The molecule has 0 saturated carbocycles. The van der Waals surface area contributed by atoms with Crippen molar-refractivity contribution in [3.8, 4) is 0 Å². The summed E-state index contributed by atoms with van der Waals surface area (Å²) in [7, 11) is 0. The lowest BCUT2D eigenvalue weighted by Gasteiger charge is -2.02. The zero-order valence-electron chi connectivity index (χ0n) is 11.2. The summed E-state index contributed by atoms with van der Waals surface area (Å²) in [6, 6.07) is 0. The van der Waals surface area contributed by atoms with E-state index in [9.17, 15) is 4.79 Å². The molecule has 0 atom stereocenters. The van der Waals surface area contributed by atoms with E-state index in [4.69, 9.17) is 4.74 Å². The van der Waals surface area contributed by atoms with Crippen LogP contribution in [0.15, 0.2) is 18.4 Å². The predicted octanol–water partition coefficient (Wildman–Crippen LogP) is 4.40. The van der Waals surface area contributed by atoms with Crippen LogP contribution in [0, 0.1) is 0 Å². The molecule has 0 aliphatic rings. The number of hydrogen-bond donors (Lipinski definition) is 0. The van der Waals surface area contributed by atoms with E-state index in [-0.39, 0.29) is 5.97 Å². The Bertz CT molecular complexity index is 217. The van der Waals surface area contributed by atoms with Gasteiger partial charge in [-0.15, -0.1) is 5.73 Å². The first-order chi connectivity index (χ1) is 8.27. The number of unbranched alkanes of at least 4 members (excludes halogenated alkanes) is 8. The maximum atomic E-state index is 10.5. The van der Waals surface area contributed by atoms with Crippen LogP contribution in [0.4, 0.5) is 0 Å². The number of esters is 1. The Balaban J connectivity index is 2.98. The Hall–Kier alpha value is -1.01. The Morgan fingerprint density at radius 3 is 2.12 bits per heavy atom. The molecule has 0 saturated heterocycles. The molecule has 0 aromatic heterocycles. The maximum absolute atomic E-state index is 10.5. The Morgan fingerprint density at radius 2 is 1.59 bits per heavy atom. The summed E-state index contributed by atoms with van der Waals surface area (Å²) in [5.74, 6) is -0.168. The average molecular weight is 238 g/mol. The van der Waals surface area contributed by atoms with Gasteiger partial charge in [0.1, 0.15) is 0 Å². The highest BCUT2D eigenvalue weighted by molar-refractivity contribution is 5.65. The van der Waals surface area contributed by atoms with Crippen molar-refractivity contribution in [2.24, 2.45) is 0 Å². The SMILES string of the molecule is C=C=CCCCCCCCCCCOC(C)=O. The highest BCUT2D eigenvalue weighted by Crippen LogP contribution is 2.09. The molecule has 0 bridgehead atoms. The summed E-state index contributed by atoms with van der Waals surface area (Å²) < 4.78 is 4.87. The van der Waals surface area contributed by atoms with Gasteiger partial charge in [-0.3, -0.25) is 4.79 Å². The van der Waals surface area contributed by atoms with E-state index in [0.29, 0.717) is 6.61 Å². The van der Waals surface area contributed by atoms with Crippen LogP contribution in [0.1, 0.15) is 64.7 Å². The van der Waals surface area contributed by atoms with Crippen LogP contribution in [0.2, 0.25) is 0 Å². The van der Waals surface area contributed by atoms with Crippen molar-refractivity contribution in [1.29, 1.82) is 0 Å². The number of carbonyl (C=O) groups excluding carboxylic acids is 1. The first-order valence-electron chi connectivity index (χ1n) is 6.75. The van der Waals surface area contributed by atoms with E-state index in [1.165, 1.54) is 51.9 Å². The van der Waals surface area contributed by atoms with Gasteiger partial charge in [-0.25, -0.2) is 0 Å². The third-order valence-electron chi connectivity index (χ3n) is 2.69. The van der Waals surface area contributed by atoms with E-state index in [0.717, 1.165) is 12.8 Å². The second-order valence-corrected chi connectivity index (χ2v) is 4.37. The third kappa shape index (κ3) is 15.0. The highest BCUT2D eigenvalue weighted by atomic mass is 16.5. The van der Waals surface area contributed by atoms with E-state index in [1.807, 2.05) is 6.08 Å². The minimum Gasteiger partial charge on any atom is -0.466 e. The Kier molecular flexibility index (Phi) is 12.3. The Morgan fingerprint density at radius 1 is 1.06 bits per heavy atom. The van der Waals surface area contributed by atoms with Crippen LogP contribution < -0.4 is 0 Å². The molecule has 0 fully saturated rings. The molecule has 98 valence electrons. The topological polar surface area (TPSA) is 26.3 Å². The molecule has 0 aliphatic heterocycles. The molecule has 0 rings (SSSR count). The van der Waals surface area contributed by atoms with Gasteiger partial charge in [0.15, 0.2) is 0 Å². The largest absolute Gasteiger partial charge is 0.466 e. The fourth-order valence-corrected chi connectivity index (χ4v) is 1.73. The second kappa shape index (κ2) is 13.1. The van der Waals surface area contributed by atoms with Crippen LogP contribution in [-0.2, 0) is 9.53 Å². The van der Waals surface area contributed by atoms with Gasteiger partial charge < -0.3 is 4.74 Å². The molecule has 0 aliphatic carbocycles. The van der Waals surface area contributed by atoms with Crippen molar-refractivity contribution >= 4 is 5.97 Å². The molecule has 0 radical (unpaired) electrons. The monoisotopic (exact) mass is 238 g/mol. The fourth-order valence-electron chi connectivity index (χ4n) is 1.73. The first-order valence-corrected chi connectivity index (χ1v) is 6.75. The van der Waals surface area contributed by atoms with E-state index >= 15 is 0 Å². The summed E-state index contributed by atoms with van der Waals surface area (Å²) in [6.07, 6.45) is 13.1. The van der Waals surface area contributed by atoms with Crippen molar-refractivity contribution < 1.29 is 9.53 Å². The summed E-state index contributed by atoms with van der Waals surface area (Å²) >= 11 is 0. The molecular weight excluding hydrogens is 212 g/mol. The molecule has 17 heavy (non-hydrogen) atoms. The zero-order valence-corrected chi connectivity index (χ0v) is 11.2. The normalized spacial score (nSPS) is 9.71. The second-order valence-electron chi connectivity index (χ2n) is 4.37. The van der Waals surface area contributed by atoms with Gasteiger partial charge in [-0.2, -0.15) is 0 Å². The highest BCUT2D eigenvalue weighted by Gasteiger charge is 1.94. The molecule has 0 spiro atoms. The van der Waals surface area contributed by atoms with Gasteiger partial charge in [-0.1, -0.05) is 45.1 Å². The van der Waals surface area contributed by atoms with Crippen LogP contribution in [-0.4, -0.2) is 12.6 Å². The molecule has 0 N–H and O–H groups in total. The number of rotatable bonds is 11. The maximum Gasteiger partial charge on any atom is 0.302 e. The van der Waals surface area contributed by atoms with Crippen LogP contribution >= 0.6 is 0 Å². The van der Waals surface area contributed by atoms with Crippen molar-refractivity contribution in [2.75, 3.05) is 6.61 Å². The summed E-state index contributed by atoms with van der Waals surface area (Å²) in [5.41, 5.74) is 2.80. The minimum atomic E-state index is -0.168.